The first-order valence-corrected chi connectivity index (χ1v) is 21.7. The van der Waals surface area contributed by atoms with Crippen molar-refractivity contribution in [2.24, 2.45) is 0 Å². The third-order valence-corrected chi connectivity index (χ3v) is 12.7. The topological polar surface area (TPSA) is 48.5 Å². The molecule has 0 amide bonds. The largest absolute Gasteiger partial charge is 0.309 e. The highest BCUT2D eigenvalue weighted by atomic mass is 15.0. The molecule has 0 saturated heterocycles. The smallest absolute Gasteiger partial charge is 0.164 e. The number of nitrogens with zero attached hydrogens (tertiary/aromatic N) is 5. The summed E-state index contributed by atoms with van der Waals surface area (Å²) in [5.74, 6) is 1.89. The van der Waals surface area contributed by atoms with Gasteiger partial charge in [0.15, 0.2) is 17.5 Å². The Bertz CT molecular complexity index is 3870. The molecule has 0 saturated carbocycles. The highest BCUT2D eigenvalue weighted by Crippen LogP contribution is 2.47. The Balaban J connectivity index is 1.11. The molecule has 0 aliphatic carbocycles. The Morgan fingerprint density at radius 3 is 1.36 bits per heavy atom. The Labute approximate surface area is 368 Å². The summed E-state index contributed by atoms with van der Waals surface area (Å²) in [5.41, 5.74) is 12.0. The highest BCUT2D eigenvalue weighted by Gasteiger charge is 2.24. The van der Waals surface area contributed by atoms with Gasteiger partial charge in [-0.25, -0.2) is 15.0 Å². The molecule has 0 aliphatic heterocycles. The van der Waals surface area contributed by atoms with E-state index in [-0.39, 0.29) is 0 Å². The van der Waals surface area contributed by atoms with E-state index >= 15 is 0 Å². The number of para-hydroxylation sites is 1. The molecule has 64 heavy (non-hydrogen) atoms. The molecule has 298 valence electrons. The van der Waals surface area contributed by atoms with Gasteiger partial charge in [-0.2, -0.15) is 0 Å². The lowest BCUT2D eigenvalue weighted by Crippen LogP contribution is -2.01. The van der Waals surface area contributed by atoms with E-state index in [4.69, 9.17) is 15.0 Å². The maximum absolute atomic E-state index is 5.13. The standard InChI is InChI=1S/C59H37N5/c1-4-17-38(18-5-1)39-31-33-43(34-32-39)63-50-30-15-14-29-49(50)53-51(63)35-36-52-55(53)54-47-27-12-10-25-45(47)46-26-11-13-28-48(46)56(54)64(52)44-24-16-23-42(37-44)59-61-57(40-19-6-2-7-20-40)60-58(62-59)41-21-8-3-9-22-41/h1-37H. The van der Waals surface area contributed by atoms with Crippen molar-refractivity contribution in [3.8, 4) is 56.7 Å². The molecule has 0 aliphatic rings. The number of aromatic nitrogens is 5. The summed E-state index contributed by atoms with van der Waals surface area (Å²) in [6.45, 7) is 0. The van der Waals surface area contributed by atoms with Crippen molar-refractivity contribution in [3.05, 3.63) is 224 Å². The molecule has 5 heteroatoms. The summed E-state index contributed by atoms with van der Waals surface area (Å²) >= 11 is 0. The molecule has 3 aromatic heterocycles. The number of hydrogen-bond donors (Lipinski definition) is 0. The molecular weight excluding hydrogens is 779 g/mol. The molecular formula is C59H37N5. The van der Waals surface area contributed by atoms with Crippen LogP contribution in [0.3, 0.4) is 0 Å². The van der Waals surface area contributed by atoms with Crippen LogP contribution < -0.4 is 0 Å². The van der Waals surface area contributed by atoms with Crippen LogP contribution in [0.4, 0.5) is 0 Å². The minimum Gasteiger partial charge on any atom is -0.309 e. The number of rotatable bonds is 6. The molecule has 13 rings (SSSR count). The van der Waals surface area contributed by atoms with Crippen LogP contribution in [0.15, 0.2) is 224 Å². The van der Waals surface area contributed by atoms with Crippen LogP contribution >= 0.6 is 0 Å². The predicted octanol–water partition coefficient (Wildman–Crippen LogP) is 15.0. The average Bonchev–Trinajstić information content (AvgIpc) is 3.91. The van der Waals surface area contributed by atoms with Crippen molar-refractivity contribution in [1.82, 2.24) is 24.1 Å². The molecule has 0 N–H and O–H groups in total. The van der Waals surface area contributed by atoms with Gasteiger partial charge in [0.05, 0.1) is 22.1 Å². The van der Waals surface area contributed by atoms with E-state index in [9.17, 15) is 0 Å². The van der Waals surface area contributed by atoms with Crippen LogP contribution in [0.25, 0.3) is 122 Å². The van der Waals surface area contributed by atoms with Crippen molar-refractivity contribution in [3.63, 3.8) is 0 Å². The monoisotopic (exact) mass is 815 g/mol. The number of fused-ring (bicyclic) bond motifs is 12. The van der Waals surface area contributed by atoms with E-state index in [0.29, 0.717) is 17.5 Å². The summed E-state index contributed by atoms with van der Waals surface area (Å²) in [6, 6.07) is 79.8. The van der Waals surface area contributed by atoms with Crippen LogP contribution in [0.2, 0.25) is 0 Å². The normalized spacial score (nSPS) is 11.8. The molecule has 0 unspecified atom stereocenters. The van der Waals surface area contributed by atoms with Crippen molar-refractivity contribution in [2.45, 2.75) is 0 Å². The van der Waals surface area contributed by atoms with Crippen molar-refractivity contribution in [1.29, 1.82) is 0 Å². The molecule has 3 heterocycles. The maximum Gasteiger partial charge on any atom is 0.164 e. The fourth-order valence-corrected chi connectivity index (χ4v) is 9.92. The van der Waals surface area contributed by atoms with Crippen molar-refractivity contribution in [2.75, 3.05) is 0 Å². The van der Waals surface area contributed by atoms with E-state index in [1.807, 2.05) is 36.4 Å². The van der Waals surface area contributed by atoms with E-state index in [2.05, 4.69) is 197 Å². The van der Waals surface area contributed by atoms with Crippen LogP contribution in [-0.4, -0.2) is 24.1 Å². The van der Waals surface area contributed by atoms with E-state index in [1.165, 1.54) is 70.8 Å². The van der Waals surface area contributed by atoms with Crippen LogP contribution in [-0.2, 0) is 0 Å². The van der Waals surface area contributed by atoms with E-state index in [0.717, 1.165) is 33.6 Å². The van der Waals surface area contributed by atoms with Gasteiger partial charge in [0.25, 0.3) is 0 Å². The van der Waals surface area contributed by atoms with Gasteiger partial charge in [0.2, 0.25) is 0 Å². The van der Waals surface area contributed by atoms with Gasteiger partial charge < -0.3 is 9.13 Å². The summed E-state index contributed by atoms with van der Waals surface area (Å²) in [6.07, 6.45) is 0. The summed E-state index contributed by atoms with van der Waals surface area (Å²) in [7, 11) is 0. The number of benzene rings is 10. The summed E-state index contributed by atoms with van der Waals surface area (Å²) < 4.78 is 4.90. The predicted molar refractivity (Wildman–Crippen MR) is 265 cm³/mol. The van der Waals surface area contributed by atoms with Crippen LogP contribution in [0.1, 0.15) is 0 Å². The van der Waals surface area contributed by atoms with Gasteiger partial charge in [0, 0.05) is 55.0 Å². The summed E-state index contributed by atoms with van der Waals surface area (Å²) in [4.78, 5) is 15.2. The van der Waals surface area contributed by atoms with Crippen LogP contribution in [0, 0.1) is 0 Å². The Kier molecular flexibility index (Phi) is 8.15. The molecule has 0 spiro atoms. The van der Waals surface area contributed by atoms with Gasteiger partial charge in [-0.3, -0.25) is 0 Å². The highest BCUT2D eigenvalue weighted by molar-refractivity contribution is 6.38. The second-order valence-corrected chi connectivity index (χ2v) is 16.4. The first-order chi connectivity index (χ1) is 31.8. The Hall–Kier alpha value is -8.67. The fraction of sp³-hybridized carbons (Fsp3) is 0. The second-order valence-electron chi connectivity index (χ2n) is 16.4. The quantitative estimate of drug-likeness (QED) is 0.157. The first-order valence-electron chi connectivity index (χ1n) is 21.7. The average molecular weight is 816 g/mol. The molecule has 13 aromatic rings. The minimum absolute atomic E-state index is 0.620. The molecule has 5 nitrogen and oxygen atoms in total. The van der Waals surface area contributed by atoms with E-state index < -0.39 is 0 Å². The van der Waals surface area contributed by atoms with Gasteiger partial charge >= 0.3 is 0 Å². The van der Waals surface area contributed by atoms with Gasteiger partial charge in [0.1, 0.15) is 0 Å². The number of hydrogen-bond acceptors (Lipinski definition) is 3. The van der Waals surface area contributed by atoms with Gasteiger partial charge in [-0.05, 0) is 69.8 Å². The molecule has 0 bridgehead atoms. The van der Waals surface area contributed by atoms with Crippen molar-refractivity contribution >= 4 is 65.2 Å². The lowest BCUT2D eigenvalue weighted by atomic mass is 9.95. The molecule has 0 radical (unpaired) electrons. The van der Waals surface area contributed by atoms with Gasteiger partial charge in [-0.15, -0.1) is 0 Å². The molecule has 0 atom stereocenters. The van der Waals surface area contributed by atoms with Crippen LogP contribution in [0.5, 0.6) is 0 Å². The first kappa shape index (κ1) is 36.0. The Morgan fingerprint density at radius 1 is 0.250 bits per heavy atom. The zero-order chi connectivity index (χ0) is 42.1. The van der Waals surface area contributed by atoms with Gasteiger partial charge in [-0.1, -0.05) is 182 Å². The third kappa shape index (κ3) is 5.61. The third-order valence-electron chi connectivity index (χ3n) is 12.7. The lowest BCUT2D eigenvalue weighted by molar-refractivity contribution is 1.07. The SMILES string of the molecule is c1ccc(-c2ccc(-n3c4ccccc4c4c5c6c7ccccc7c7ccccc7c6n(-c6cccc(-c7nc(-c8ccccc8)nc(-c8ccccc8)n7)c6)c5ccc43)cc2)cc1. The molecule has 0 fully saturated rings. The zero-order valence-corrected chi connectivity index (χ0v) is 34.6. The maximum atomic E-state index is 5.13. The van der Waals surface area contributed by atoms with Crippen molar-refractivity contribution < 1.29 is 0 Å². The zero-order valence-electron chi connectivity index (χ0n) is 34.6. The van der Waals surface area contributed by atoms with E-state index in [1.54, 1.807) is 0 Å². The summed E-state index contributed by atoms with van der Waals surface area (Å²) in [5, 5.41) is 9.80. The minimum atomic E-state index is 0.620. The second kappa shape index (κ2) is 14.5. The fourth-order valence-electron chi connectivity index (χ4n) is 9.92. The Morgan fingerprint density at radius 2 is 0.719 bits per heavy atom. The lowest BCUT2D eigenvalue weighted by Gasteiger charge is -2.13. The molecule has 10 aromatic carbocycles.